The van der Waals surface area contributed by atoms with Crippen molar-refractivity contribution in [3.63, 3.8) is 0 Å². The number of aromatic hydroxyl groups is 1. The van der Waals surface area contributed by atoms with E-state index in [1.165, 1.54) is 37.3 Å². The van der Waals surface area contributed by atoms with Crippen molar-refractivity contribution in [2.45, 2.75) is 18.8 Å². The number of nitrogens with zero attached hydrogens (tertiary/aromatic N) is 4. The van der Waals surface area contributed by atoms with E-state index < -0.39 is 23.7 Å². The third-order valence-electron chi connectivity index (χ3n) is 9.90. The molecule has 254 valence electrons. The number of anilines is 2. The van der Waals surface area contributed by atoms with Crippen molar-refractivity contribution in [2.24, 2.45) is 28.0 Å². The molecular weight excluding hydrogens is 704 g/mol. The van der Waals surface area contributed by atoms with Crippen LogP contribution in [-0.2, 0) is 19.2 Å². The van der Waals surface area contributed by atoms with Gasteiger partial charge in [0.2, 0.25) is 11.8 Å². The minimum absolute atomic E-state index is 0.103. The Morgan fingerprint density at radius 3 is 2.04 bits per heavy atom. The van der Waals surface area contributed by atoms with Crippen LogP contribution in [0.4, 0.5) is 22.7 Å². The first-order chi connectivity index (χ1) is 24.0. The number of imide groups is 1. The number of allylic oxidation sites excluding steroid dienone is 6. The summed E-state index contributed by atoms with van der Waals surface area (Å²) in [4.78, 5) is 58.8. The Morgan fingerprint density at radius 1 is 0.860 bits per heavy atom. The number of carbonyl (C=O) groups is 4. The van der Waals surface area contributed by atoms with Gasteiger partial charge in [-0.2, -0.15) is 10.2 Å². The number of halogens is 1. The number of benzene rings is 3. The highest BCUT2D eigenvalue weighted by atomic mass is 79.9. The predicted molar refractivity (Wildman–Crippen MR) is 190 cm³/mol. The number of phenolic OH excluding ortho intramolecular Hbond substituents is 1. The van der Waals surface area contributed by atoms with Crippen molar-refractivity contribution in [1.29, 1.82) is 0 Å². The van der Waals surface area contributed by atoms with Gasteiger partial charge in [-0.05, 0) is 83.2 Å². The van der Waals surface area contributed by atoms with Crippen molar-refractivity contribution in [1.82, 2.24) is 0 Å². The second-order valence-corrected chi connectivity index (χ2v) is 13.7. The van der Waals surface area contributed by atoms with E-state index in [1.54, 1.807) is 24.3 Å². The van der Waals surface area contributed by atoms with Crippen LogP contribution < -0.4 is 19.3 Å². The van der Waals surface area contributed by atoms with Gasteiger partial charge in [0.1, 0.15) is 17.2 Å². The number of hydrogen-bond acceptors (Lipinski definition) is 10. The molecule has 1 N–H and O–H groups in total. The zero-order chi connectivity index (χ0) is 35.4. The molecule has 2 amide bonds. The number of azo groups is 1. The number of hydrogen-bond donors (Lipinski definition) is 1. The van der Waals surface area contributed by atoms with Crippen LogP contribution in [0.15, 0.2) is 104 Å². The molecule has 0 aromatic heterocycles. The highest BCUT2D eigenvalue weighted by Crippen LogP contribution is 2.58. The fourth-order valence-electron chi connectivity index (χ4n) is 7.60. The van der Waals surface area contributed by atoms with Crippen LogP contribution in [0.5, 0.6) is 17.2 Å². The van der Waals surface area contributed by atoms with E-state index in [4.69, 9.17) is 9.47 Å². The maximum atomic E-state index is 14.3. The SMILES string of the molecule is COc1cc(O)cc(OC)c1[C@H]1C2=CC[C@@H]3C(=O)N(c4ccc(N=Nc5ccc(N(C)C)cc5)cc4)C(=O)[C@@H]3[C@@H]2CC2=C1C(=O)C=C(Br)C2=O. The lowest BCUT2D eigenvalue weighted by atomic mass is 9.59. The van der Waals surface area contributed by atoms with Gasteiger partial charge in [-0.25, -0.2) is 0 Å². The lowest BCUT2D eigenvalue weighted by Crippen LogP contribution is -2.39. The Morgan fingerprint density at radius 2 is 1.46 bits per heavy atom. The molecule has 11 nitrogen and oxygen atoms in total. The van der Waals surface area contributed by atoms with Crippen LogP contribution in [0.3, 0.4) is 0 Å². The first-order valence-electron chi connectivity index (χ1n) is 16.0. The molecule has 3 aromatic rings. The van der Waals surface area contributed by atoms with E-state index in [-0.39, 0.29) is 69.1 Å². The minimum Gasteiger partial charge on any atom is -0.508 e. The first-order valence-corrected chi connectivity index (χ1v) is 16.8. The van der Waals surface area contributed by atoms with E-state index in [0.29, 0.717) is 22.6 Å². The molecule has 3 aliphatic carbocycles. The second kappa shape index (κ2) is 12.8. The highest BCUT2D eigenvalue weighted by Gasteiger charge is 2.57. The summed E-state index contributed by atoms with van der Waals surface area (Å²) in [5.41, 5.74) is 4.43. The molecule has 7 rings (SSSR count). The highest BCUT2D eigenvalue weighted by molar-refractivity contribution is 9.12. The van der Waals surface area contributed by atoms with Crippen LogP contribution in [0.2, 0.25) is 0 Å². The lowest BCUT2D eigenvalue weighted by Gasteiger charge is -2.42. The number of ether oxygens (including phenoxy) is 2. The molecule has 0 unspecified atom stereocenters. The molecule has 1 heterocycles. The van der Waals surface area contributed by atoms with Crippen LogP contribution in [-0.4, -0.2) is 56.8 Å². The van der Waals surface area contributed by atoms with Crippen LogP contribution in [0.25, 0.3) is 0 Å². The topological polar surface area (TPSA) is 138 Å². The van der Waals surface area contributed by atoms with E-state index in [0.717, 1.165) is 11.3 Å². The van der Waals surface area contributed by atoms with Crippen molar-refractivity contribution in [3.8, 4) is 17.2 Å². The maximum absolute atomic E-state index is 14.3. The number of methoxy groups -OCH3 is 2. The zero-order valence-corrected chi connectivity index (χ0v) is 29.3. The summed E-state index contributed by atoms with van der Waals surface area (Å²) in [6.45, 7) is 0. The molecule has 3 aromatic carbocycles. The normalized spacial score (nSPS) is 23.0. The van der Waals surface area contributed by atoms with Gasteiger partial charge in [-0.15, -0.1) is 0 Å². The quantitative estimate of drug-likeness (QED) is 0.120. The average molecular weight is 738 g/mol. The van der Waals surface area contributed by atoms with Crippen molar-refractivity contribution < 1.29 is 33.8 Å². The molecule has 0 radical (unpaired) electrons. The molecule has 50 heavy (non-hydrogen) atoms. The largest absolute Gasteiger partial charge is 0.508 e. The van der Waals surface area contributed by atoms with Gasteiger partial charge < -0.3 is 19.5 Å². The number of phenols is 1. The Bertz CT molecular complexity index is 2060. The average Bonchev–Trinajstić information content (AvgIpc) is 3.37. The molecular formula is C38H33BrN4O7. The minimum atomic E-state index is -0.816. The number of fused-ring (bicyclic) bond motifs is 3. The van der Waals surface area contributed by atoms with E-state index in [2.05, 4.69) is 26.2 Å². The van der Waals surface area contributed by atoms with Crippen LogP contribution >= 0.6 is 15.9 Å². The lowest BCUT2D eigenvalue weighted by molar-refractivity contribution is -0.123. The number of ketones is 2. The Labute approximate surface area is 296 Å². The van der Waals surface area contributed by atoms with E-state index in [1.807, 2.05) is 49.3 Å². The van der Waals surface area contributed by atoms with E-state index in [9.17, 15) is 24.3 Å². The monoisotopic (exact) mass is 736 g/mol. The number of carbonyl (C=O) groups excluding carboxylic acids is 4. The molecule has 12 heteroatoms. The standard InChI is InChI=1S/C38H33BrN4O7/c1-42(2)21-9-5-19(6-10-21)40-41-20-7-11-22(12-8-20)43-37(47)25-14-13-24-26(32(25)38(43)48)17-27-33(29(45)18-28(39)36(27)46)34(24)35-30(49-3)15-23(44)16-31(35)50-4/h5-13,15-16,18,25-26,32,34,44H,14,17H2,1-4H3/t25-,26+,32-,34-/m0/s1. The molecule has 0 spiro atoms. The van der Waals surface area contributed by atoms with Crippen molar-refractivity contribution in [3.05, 3.63) is 99.6 Å². The maximum Gasteiger partial charge on any atom is 0.238 e. The van der Waals surface area contributed by atoms with Crippen molar-refractivity contribution >= 4 is 62.1 Å². The van der Waals surface area contributed by atoms with Crippen LogP contribution in [0.1, 0.15) is 24.3 Å². The van der Waals surface area contributed by atoms with Gasteiger partial charge in [0.05, 0.1) is 47.6 Å². The number of amides is 2. The summed E-state index contributed by atoms with van der Waals surface area (Å²) in [5, 5.41) is 19.0. The molecule has 1 saturated heterocycles. The molecule has 4 atom stereocenters. The summed E-state index contributed by atoms with van der Waals surface area (Å²) in [5.74, 6) is -3.80. The molecule has 0 bridgehead atoms. The first kappa shape index (κ1) is 33.2. The van der Waals surface area contributed by atoms with Gasteiger partial charge in [-0.3, -0.25) is 24.1 Å². The molecule has 0 saturated carbocycles. The Balaban J connectivity index is 1.23. The smallest absolute Gasteiger partial charge is 0.238 e. The second-order valence-electron chi connectivity index (χ2n) is 12.8. The third kappa shape index (κ3) is 5.43. The van der Waals surface area contributed by atoms with Gasteiger partial charge in [0.15, 0.2) is 11.6 Å². The fraction of sp³-hybridized carbons (Fsp3) is 0.263. The predicted octanol–water partition coefficient (Wildman–Crippen LogP) is 6.86. The molecule has 4 aliphatic rings. The van der Waals surface area contributed by atoms with Crippen LogP contribution in [0, 0.1) is 17.8 Å². The summed E-state index contributed by atoms with van der Waals surface area (Å²) in [7, 11) is 6.80. The third-order valence-corrected chi connectivity index (χ3v) is 10.5. The zero-order valence-electron chi connectivity index (χ0n) is 27.7. The van der Waals surface area contributed by atoms with Gasteiger partial charge in [-0.1, -0.05) is 11.6 Å². The fourth-order valence-corrected chi connectivity index (χ4v) is 8.05. The number of Topliss-reactive ketones (excluding diaryl/α,β-unsaturated/α-hetero) is 1. The number of rotatable bonds is 7. The summed E-state index contributed by atoms with van der Waals surface area (Å²) < 4.78 is 11.5. The van der Waals surface area contributed by atoms with Gasteiger partial charge in [0.25, 0.3) is 0 Å². The van der Waals surface area contributed by atoms with E-state index >= 15 is 0 Å². The Kier molecular flexibility index (Phi) is 8.51. The van der Waals surface area contributed by atoms with Gasteiger partial charge >= 0.3 is 0 Å². The Hall–Kier alpha value is -5.36. The van der Waals surface area contributed by atoms with Crippen molar-refractivity contribution in [2.75, 3.05) is 38.1 Å². The molecule has 1 fully saturated rings. The van der Waals surface area contributed by atoms with Gasteiger partial charge in [0, 0.05) is 60.6 Å². The summed E-state index contributed by atoms with van der Waals surface area (Å²) in [6.07, 6.45) is 3.55. The molecule has 1 aliphatic heterocycles. The summed E-state index contributed by atoms with van der Waals surface area (Å²) >= 11 is 3.26. The summed E-state index contributed by atoms with van der Waals surface area (Å²) in [6, 6.07) is 17.2.